The van der Waals surface area contributed by atoms with Gasteiger partial charge in [-0.05, 0) is 24.3 Å². The number of hydrogen-bond donors (Lipinski definition) is 0. The molecule has 0 heterocycles. The predicted octanol–water partition coefficient (Wildman–Crippen LogP) is 5.15. The number of hydrogen-bond acceptors (Lipinski definition) is 0. The second-order valence-corrected chi connectivity index (χ2v) is 4.45. The lowest BCUT2D eigenvalue weighted by atomic mass is 9.84. The van der Waals surface area contributed by atoms with Crippen LogP contribution in [0.1, 0.15) is 63.9 Å². The molecule has 0 saturated heterocycles. The molecule has 0 amide bonds. The Morgan fingerprint density at radius 2 is 1.47 bits per heavy atom. The number of benzene rings is 1. The highest BCUT2D eigenvalue weighted by Crippen LogP contribution is 2.31. The predicted molar refractivity (Wildman–Crippen MR) is 68.2 cm³/mol. The molecule has 0 atom stereocenters. The van der Waals surface area contributed by atoms with Crippen LogP contribution in [-0.2, 0) is 0 Å². The van der Waals surface area contributed by atoms with Crippen LogP contribution in [0.25, 0.3) is 0 Å². The molecule has 0 spiro atoms. The Hall–Kier alpha value is -0.780. The van der Waals surface area contributed by atoms with E-state index in [1.54, 1.807) is 5.56 Å². The molecule has 1 saturated carbocycles. The zero-order valence-electron chi connectivity index (χ0n) is 10.2. The lowest BCUT2D eigenvalue weighted by molar-refractivity contribution is 0.443. The van der Waals surface area contributed by atoms with Crippen LogP contribution in [0.15, 0.2) is 30.3 Å². The molecule has 84 valence electrons. The van der Waals surface area contributed by atoms with Crippen molar-refractivity contribution in [2.75, 3.05) is 0 Å². The van der Waals surface area contributed by atoms with Crippen LogP contribution >= 0.6 is 0 Å². The fourth-order valence-corrected chi connectivity index (χ4v) is 2.16. The number of rotatable bonds is 1. The van der Waals surface area contributed by atoms with Crippen molar-refractivity contribution in [3.05, 3.63) is 35.9 Å². The maximum atomic E-state index is 2.27. The molecule has 0 heteroatoms. The zero-order chi connectivity index (χ0) is 10.9. The first-order valence-electron chi connectivity index (χ1n) is 6.43. The summed E-state index contributed by atoms with van der Waals surface area (Å²) in [6.45, 7) is 4.25. The van der Waals surface area contributed by atoms with Crippen LogP contribution in [0.2, 0.25) is 0 Å². The van der Waals surface area contributed by atoms with Crippen LogP contribution in [0.3, 0.4) is 0 Å². The molecular weight excluding hydrogens is 180 g/mol. The van der Waals surface area contributed by atoms with E-state index in [0.717, 1.165) is 5.92 Å². The van der Waals surface area contributed by atoms with E-state index in [9.17, 15) is 0 Å². The fraction of sp³-hybridized carbons (Fsp3) is 0.600. The molecule has 0 aromatic heterocycles. The molecule has 1 aromatic carbocycles. The highest BCUT2D eigenvalue weighted by Gasteiger charge is 2.14. The Bertz CT molecular complexity index is 231. The van der Waals surface area contributed by atoms with Crippen molar-refractivity contribution in [2.24, 2.45) is 0 Å². The van der Waals surface area contributed by atoms with E-state index in [-0.39, 0.29) is 0 Å². The van der Waals surface area contributed by atoms with Crippen molar-refractivity contribution in [2.45, 2.75) is 58.3 Å². The summed E-state index contributed by atoms with van der Waals surface area (Å²) < 4.78 is 0. The summed E-state index contributed by atoms with van der Waals surface area (Å²) >= 11 is 0. The molecule has 2 rings (SSSR count). The summed E-state index contributed by atoms with van der Waals surface area (Å²) in [4.78, 5) is 0. The van der Waals surface area contributed by atoms with Gasteiger partial charge in [0.25, 0.3) is 0 Å². The third-order valence-corrected chi connectivity index (χ3v) is 2.88. The van der Waals surface area contributed by atoms with Crippen molar-refractivity contribution in [1.29, 1.82) is 0 Å². The molecule has 1 fully saturated rings. The van der Waals surface area contributed by atoms with E-state index < -0.39 is 0 Å². The molecule has 1 aliphatic rings. The highest BCUT2D eigenvalue weighted by atomic mass is 14.2. The molecule has 0 aliphatic heterocycles. The highest BCUT2D eigenvalue weighted by molar-refractivity contribution is 5.19. The summed E-state index contributed by atoms with van der Waals surface area (Å²) in [6, 6.07) is 11.0. The lowest BCUT2D eigenvalue weighted by Gasteiger charge is -2.21. The van der Waals surface area contributed by atoms with Gasteiger partial charge in [0, 0.05) is 0 Å². The minimum atomic E-state index is 0.861. The summed E-state index contributed by atoms with van der Waals surface area (Å²) in [5.41, 5.74) is 1.55. The molecule has 0 nitrogen and oxygen atoms in total. The van der Waals surface area contributed by atoms with Crippen molar-refractivity contribution < 1.29 is 0 Å². The molecule has 0 unspecified atom stereocenters. The van der Waals surface area contributed by atoms with Crippen molar-refractivity contribution in [1.82, 2.24) is 0 Å². The van der Waals surface area contributed by atoms with Gasteiger partial charge in [-0.2, -0.15) is 0 Å². The third-order valence-electron chi connectivity index (χ3n) is 2.88. The standard InChI is InChI=1S/C12H16.C3H8/c1-3-7-11(8-4-1)12-9-5-2-6-10-12;1-3-2/h1,3-4,7-8,12H,2,5-6,9-10H2;3H2,1-2H3. The Morgan fingerprint density at radius 3 is 2.00 bits per heavy atom. The Morgan fingerprint density at radius 1 is 0.933 bits per heavy atom. The maximum Gasteiger partial charge on any atom is -0.0162 e. The van der Waals surface area contributed by atoms with E-state index in [2.05, 4.69) is 44.2 Å². The van der Waals surface area contributed by atoms with Crippen molar-refractivity contribution in [3.63, 3.8) is 0 Å². The summed E-state index contributed by atoms with van der Waals surface area (Å²) in [7, 11) is 0. The van der Waals surface area contributed by atoms with Gasteiger partial charge in [-0.1, -0.05) is 69.9 Å². The Labute approximate surface area is 94.7 Å². The second-order valence-electron chi connectivity index (χ2n) is 4.45. The zero-order valence-corrected chi connectivity index (χ0v) is 10.2. The van der Waals surface area contributed by atoms with Gasteiger partial charge in [0.1, 0.15) is 0 Å². The van der Waals surface area contributed by atoms with E-state index in [0.29, 0.717) is 0 Å². The molecular formula is C15H24. The minimum absolute atomic E-state index is 0.861. The quantitative estimate of drug-likeness (QED) is 0.593. The molecule has 0 N–H and O–H groups in total. The fourth-order valence-electron chi connectivity index (χ4n) is 2.16. The average molecular weight is 204 g/mol. The van der Waals surface area contributed by atoms with E-state index in [1.807, 2.05) is 0 Å². The first-order chi connectivity index (χ1) is 7.38. The monoisotopic (exact) mass is 204 g/mol. The van der Waals surface area contributed by atoms with Gasteiger partial charge >= 0.3 is 0 Å². The van der Waals surface area contributed by atoms with Gasteiger partial charge in [0.2, 0.25) is 0 Å². The van der Waals surface area contributed by atoms with Crippen LogP contribution < -0.4 is 0 Å². The van der Waals surface area contributed by atoms with Gasteiger partial charge in [0.05, 0.1) is 0 Å². The van der Waals surface area contributed by atoms with E-state index in [1.165, 1.54) is 38.5 Å². The topological polar surface area (TPSA) is 0 Å². The molecule has 1 aromatic rings. The molecule has 0 bridgehead atoms. The van der Waals surface area contributed by atoms with Gasteiger partial charge in [-0.3, -0.25) is 0 Å². The van der Waals surface area contributed by atoms with Crippen LogP contribution in [0.5, 0.6) is 0 Å². The second kappa shape index (κ2) is 7.50. The van der Waals surface area contributed by atoms with Crippen molar-refractivity contribution >= 4 is 0 Å². The molecule has 0 radical (unpaired) electrons. The summed E-state index contributed by atoms with van der Waals surface area (Å²) in [5, 5.41) is 0. The smallest absolute Gasteiger partial charge is 0.0162 e. The third kappa shape index (κ3) is 4.51. The maximum absolute atomic E-state index is 2.27. The van der Waals surface area contributed by atoms with Gasteiger partial charge in [0.15, 0.2) is 0 Å². The molecule has 1 aliphatic carbocycles. The summed E-state index contributed by atoms with van der Waals surface area (Å²) in [6.07, 6.45) is 8.37. The average Bonchev–Trinajstić information content (AvgIpc) is 2.32. The first kappa shape index (κ1) is 12.3. The van der Waals surface area contributed by atoms with Gasteiger partial charge in [-0.25, -0.2) is 0 Å². The van der Waals surface area contributed by atoms with Crippen LogP contribution in [0, 0.1) is 0 Å². The Balaban J connectivity index is 0.000000337. The Kier molecular flexibility index (Phi) is 6.15. The van der Waals surface area contributed by atoms with E-state index >= 15 is 0 Å². The van der Waals surface area contributed by atoms with E-state index in [4.69, 9.17) is 0 Å². The first-order valence-corrected chi connectivity index (χ1v) is 6.43. The normalized spacial score (nSPS) is 16.7. The summed E-state index contributed by atoms with van der Waals surface area (Å²) in [5.74, 6) is 0.861. The van der Waals surface area contributed by atoms with Crippen LogP contribution in [0.4, 0.5) is 0 Å². The lowest BCUT2D eigenvalue weighted by Crippen LogP contribution is -2.03. The largest absolute Gasteiger partial charge is 0.0656 e. The minimum Gasteiger partial charge on any atom is -0.0656 e. The SMILES string of the molecule is CCC.c1ccc(C2CCCCC2)cc1. The van der Waals surface area contributed by atoms with Crippen LogP contribution in [-0.4, -0.2) is 0 Å². The van der Waals surface area contributed by atoms with Crippen molar-refractivity contribution in [3.8, 4) is 0 Å². The van der Waals surface area contributed by atoms with Gasteiger partial charge in [-0.15, -0.1) is 0 Å². The van der Waals surface area contributed by atoms with Gasteiger partial charge < -0.3 is 0 Å². The molecule has 15 heavy (non-hydrogen) atoms.